The van der Waals surface area contributed by atoms with Crippen molar-refractivity contribution in [2.75, 3.05) is 18.0 Å². The van der Waals surface area contributed by atoms with Gasteiger partial charge in [-0.05, 0) is 12.8 Å². The lowest BCUT2D eigenvalue weighted by Gasteiger charge is -2.23. The molecule has 2 rings (SSSR count). The molecular weight excluding hydrogens is 241 g/mol. The molecule has 2 N–H and O–H groups in total. The molecule has 1 aliphatic heterocycles. The fourth-order valence-electron chi connectivity index (χ4n) is 2.24. The number of alkyl halides is 1. The molecule has 0 unspecified atom stereocenters. The van der Waals surface area contributed by atoms with Crippen molar-refractivity contribution in [2.24, 2.45) is 12.8 Å². The van der Waals surface area contributed by atoms with E-state index in [-0.39, 0.29) is 12.2 Å². The van der Waals surface area contributed by atoms with Gasteiger partial charge in [0.1, 0.15) is 12.4 Å². The number of anilines is 1. The summed E-state index contributed by atoms with van der Waals surface area (Å²) in [6.07, 6.45) is 1.31. The monoisotopic (exact) mass is 257 g/mol. The van der Waals surface area contributed by atoms with Gasteiger partial charge in [0.05, 0.1) is 11.5 Å². The van der Waals surface area contributed by atoms with Gasteiger partial charge >= 0.3 is 5.69 Å². The summed E-state index contributed by atoms with van der Waals surface area (Å²) >= 11 is 0. The lowest BCUT2D eigenvalue weighted by molar-refractivity contribution is -0.384. The van der Waals surface area contributed by atoms with Crippen LogP contribution in [0.5, 0.6) is 0 Å². The van der Waals surface area contributed by atoms with Crippen LogP contribution in [-0.2, 0) is 7.05 Å². The molecule has 2 heterocycles. The minimum Gasteiger partial charge on any atom is -0.348 e. The van der Waals surface area contributed by atoms with Crippen LogP contribution in [0.4, 0.5) is 15.9 Å². The van der Waals surface area contributed by atoms with E-state index in [9.17, 15) is 14.5 Å². The molecule has 18 heavy (non-hydrogen) atoms. The largest absolute Gasteiger partial charge is 0.348 e. The predicted molar refractivity (Wildman–Crippen MR) is 64.2 cm³/mol. The number of hydrogen-bond donors (Lipinski definition) is 1. The van der Waals surface area contributed by atoms with E-state index in [1.165, 1.54) is 10.9 Å². The van der Waals surface area contributed by atoms with E-state index in [0.717, 1.165) is 0 Å². The van der Waals surface area contributed by atoms with Crippen LogP contribution >= 0.6 is 0 Å². The van der Waals surface area contributed by atoms with Crippen LogP contribution in [0.1, 0.15) is 12.8 Å². The zero-order valence-electron chi connectivity index (χ0n) is 10.1. The first kappa shape index (κ1) is 12.7. The first-order chi connectivity index (χ1) is 8.50. The average Bonchev–Trinajstić information content (AvgIpc) is 2.61. The number of nitro groups is 1. The maximum Gasteiger partial charge on any atom is 0.331 e. The molecule has 1 saturated heterocycles. The third-order valence-corrected chi connectivity index (χ3v) is 3.21. The van der Waals surface area contributed by atoms with Crippen LogP contribution in [-0.4, -0.2) is 40.0 Å². The van der Waals surface area contributed by atoms with Gasteiger partial charge in [-0.2, -0.15) is 5.10 Å². The molecular formula is C10H16FN5O2. The first-order valence-corrected chi connectivity index (χ1v) is 5.81. The number of rotatable bonds is 2. The molecule has 1 aliphatic rings. The predicted octanol–water partition coefficient (Wildman–Crippen LogP) is 0.594. The highest BCUT2D eigenvalue weighted by atomic mass is 19.1. The summed E-state index contributed by atoms with van der Waals surface area (Å²) in [5, 5.41) is 14.8. The second-order valence-electron chi connectivity index (χ2n) is 4.50. The molecule has 0 bridgehead atoms. The van der Waals surface area contributed by atoms with Crippen LogP contribution < -0.4 is 10.6 Å². The Morgan fingerprint density at radius 2 is 2.39 bits per heavy atom. The van der Waals surface area contributed by atoms with Crippen LogP contribution in [0, 0.1) is 10.1 Å². The van der Waals surface area contributed by atoms with E-state index in [2.05, 4.69) is 5.10 Å². The Hall–Kier alpha value is -1.70. The van der Waals surface area contributed by atoms with Crippen molar-refractivity contribution in [1.82, 2.24) is 9.78 Å². The molecule has 2 atom stereocenters. The van der Waals surface area contributed by atoms with Gasteiger partial charge in [-0.15, -0.1) is 0 Å². The van der Waals surface area contributed by atoms with Crippen LogP contribution in [0.2, 0.25) is 0 Å². The van der Waals surface area contributed by atoms with Crippen LogP contribution in [0.3, 0.4) is 0 Å². The van der Waals surface area contributed by atoms with Crippen molar-refractivity contribution < 1.29 is 9.31 Å². The molecule has 0 spiro atoms. The summed E-state index contributed by atoms with van der Waals surface area (Å²) in [6.45, 7) is 0.621. The SMILES string of the molecule is Cn1ncc([N+](=O)[O-])c1N1CCC[C@@H](N)[C@H](F)C1. The Morgan fingerprint density at radius 1 is 1.67 bits per heavy atom. The third kappa shape index (κ3) is 2.28. The zero-order chi connectivity index (χ0) is 13.3. The molecule has 0 saturated carbocycles. The quantitative estimate of drug-likeness (QED) is 0.618. The summed E-state index contributed by atoms with van der Waals surface area (Å²) in [4.78, 5) is 12.1. The molecule has 0 amide bonds. The minimum absolute atomic E-state index is 0.0710. The Labute approximate surface area is 104 Å². The lowest BCUT2D eigenvalue weighted by Crippen LogP contribution is -2.38. The number of hydrogen-bond acceptors (Lipinski definition) is 5. The number of aromatic nitrogens is 2. The summed E-state index contributed by atoms with van der Waals surface area (Å²) in [5.41, 5.74) is 5.57. The molecule has 0 aromatic carbocycles. The fraction of sp³-hybridized carbons (Fsp3) is 0.700. The standard InChI is InChI=1S/C10H16FN5O2/c1-14-10(9(5-13-14)16(17)18)15-4-2-3-8(12)7(11)6-15/h5,7-8H,2-4,6,12H2,1H3/t7-,8-/m1/s1. The fourth-order valence-corrected chi connectivity index (χ4v) is 2.24. The second-order valence-corrected chi connectivity index (χ2v) is 4.50. The van der Waals surface area contributed by atoms with E-state index in [1.807, 2.05) is 0 Å². The molecule has 7 nitrogen and oxygen atoms in total. The average molecular weight is 257 g/mol. The van der Waals surface area contributed by atoms with E-state index in [0.29, 0.717) is 25.2 Å². The maximum absolute atomic E-state index is 13.8. The van der Waals surface area contributed by atoms with Crippen molar-refractivity contribution in [1.29, 1.82) is 0 Å². The van der Waals surface area contributed by atoms with E-state index >= 15 is 0 Å². The van der Waals surface area contributed by atoms with Gasteiger partial charge in [0.2, 0.25) is 5.82 Å². The molecule has 1 aromatic heterocycles. The van der Waals surface area contributed by atoms with Crippen molar-refractivity contribution in [3.05, 3.63) is 16.3 Å². The highest BCUT2D eigenvalue weighted by Crippen LogP contribution is 2.29. The minimum atomic E-state index is -1.18. The van der Waals surface area contributed by atoms with Crippen molar-refractivity contribution in [2.45, 2.75) is 25.1 Å². The van der Waals surface area contributed by atoms with Crippen molar-refractivity contribution in [3.8, 4) is 0 Å². The topological polar surface area (TPSA) is 90.2 Å². The van der Waals surface area contributed by atoms with Gasteiger partial charge < -0.3 is 10.6 Å². The van der Waals surface area contributed by atoms with Gasteiger partial charge in [0.25, 0.3) is 0 Å². The Kier molecular flexibility index (Phi) is 3.46. The number of aryl methyl sites for hydroxylation is 1. The van der Waals surface area contributed by atoms with Crippen LogP contribution in [0.15, 0.2) is 6.20 Å². The normalized spacial score (nSPS) is 24.9. The van der Waals surface area contributed by atoms with E-state index < -0.39 is 17.1 Å². The van der Waals surface area contributed by atoms with Gasteiger partial charge in [-0.3, -0.25) is 10.1 Å². The molecule has 1 aromatic rings. The molecule has 8 heteroatoms. The maximum atomic E-state index is 13.8. The van der Waals surface area contributed by atoms with Crippen molar-refractivity contribution >= 4 is 11.5 Å². The van der Waals surface area contributed by atoms with E-state index in [4.69, 9.17) is 5.73 Å². The highest BCUT2D eigenvalue weighted by Gasteiger charge is 2.30. The Bertz CT molecular complexity index is 449. The van der Waals surface area contributed by atoms with Crippen molar-refractivity contribution in [3.63, 3.8) is 0 Å². The lowest BCUT2D eigenvalue weighted by atomic mass is 10.1. The Balaban J connectivity index is 2.30. The summed E-state index contributed by atoms with van der Waals surface area (Å²) in [6, 6.07) is -0.498. The molecule has 0 aliphatic carbocycles. The van der Waals surface area contributed by atoms with Gasteiger partial charge in [-0.25, -0.2) is 9.07 Å². The summed E-state index contributed by atoms with van der Waals surface area (Å²) in [5.74, 6) is 0.344. The summed E-state index contributed by atoms with van der Waals surface area (Å²) in [7, 11) is 1.61. The van der Waals surface area contributed by atoms with E-state index in [1.54, 1.807) is 11.9 Å². The second kappa shape index (κ2) is 4.89. The van der Waals surface area contributed by atoms with Gasteiger partial charge in [-0.1, -0.05) is 0 Å². The molecule has 0 radical (unpaired) electrons. The van der Waals surface area contributed by atoms with Gasteiger partial charge in [0.15, 0.2) is 0 Å². The summed E-state index contributed by atoms with van der Waals surface area (Å²) < 4.78 is 15.2. The third-order valence-electron chi connectivity index (χ3n) is 3.21. The number of nitrogens with zero attached hydrogens (tertiary/aromatic N) is 4. The number of nitrogens with two attached hydrogens (primary N) is 1. The first-order valence-electron chi connectivity index (χ1n) is 5.81. The highest BCUT2D eigenvalue weighted by molar-refractivity contribution is 5.57. The van der Waals surface area contributed by atoms with Gasteiger partial charge in [0, 0.05) is 19.6 Å². The number of halogens is 1. The zero-order valence-corrected chi connectivity index (χ0v) is 10.1. The molecule has 1 fully saturated rings. The smallest absolute Gasteiger partial charge is 0.331 e. The molecule has 100 valence electrons. The van der Waals surface area contributed by atoms with Crippen LogP contribution in [0.25, 0.3) is 0 Å². The Morgan fingerprint density at radius 3 is 3.06 bits per heavy atom.